The number of nitrogens with zero attached hydrogens (tertiary/aromatic N) is 2. The van der Waals surface area contributed by atoms with Crippen LogP contribution in [0.4, 0.5) is 14.5 Å². The second-order valence-electron chi connectivity index (χ2n) is 5.12. The Labute approximate surface area is 133 Å². The Morgan fingerprint density at radius 1 is 1.17 bits per heavy atom. The summed E-state index contributed by atoms with van der Waals surface area (Å²) in [5.74, 6) is -0.162. The normalized spacial score (nSPS) is 14.8. The van der Waals surface area contributed by atoms with Gasteiger partial charge in [-0.2, -0.15) is 8.78 Å². The number of amides is 2. The number of halogens is 2. The number of nitrogens with one attached hydrogen (secondary N) is 1. The zero-order valence-corrected chi connectivity index (χ0v) is 12.8. The fourth-order valence-electron chi connectivity index (χ4n) is 2.36. The fraction of sp³-hybridized carbons (Fsp3) is 0.467. The predicted molar refractivity (Wildman–Crippen MR) is 80.4 cm³/mol. The Morgan fingerprint density at radius 2 is 1.78 bits per heavy atom. The first-order valence-electron chi connectivity index (χ1n) is 7.28. The van der Waals surface area contributed by atoms with Crippen LogP contribution in [0.5, 0.6) is 5.75 Å². The van der Waals surface area contributed by atoms with Crippen molar-refractivity contribution < 1.29 is 23.1 Å². The molecule has 126 valence electrons. The van der Waals surface area contributed by atoms with E-state index in [0.29, 0.717) is 31.9 Å². The van der Waals surface area contributed by atoms with E-state index in [4.69, 9.17) is 0 Å². The average Bonchev–Trinajstić information content (AvgIpc) is 2.53. The van der Waals surface area contributed by atoms with Crippen molar-refractivity contribution >= 4 is 17.5 Å². The molecule has 0 bridgehead atoms. The van der Waals surface area contributed by atoms with Crippen molar-refractivity contribution in [1.82, 2.24) is 9.80 Å². The van der Waals surface area contributed by atoms with Gasteiger partial charge in [0, 0.05) is 33.1 Å². The number of para-hydroxylation sites is 2. The highest BCUT2D eigenvalue weighted by Crippen LogP contribution is 2.25. The summed E-state index contributed by atoms with van der Waals surface area (Å²) in [6.45, 7) is 0.499. The number of hydrogen-bond donors (Lipinski definition) is 1. The predicted octanol–water partition coefficient (Wildman–Crippen LogP) is 1.39. The standard InChI is InChI=1S/C15H19F2N3O3/c1-11(21)19-6-8-20(9-7-19)14(22)10-18-12-4-2-3-5-13(12)23-15(16)17/h2-5,15,18H,6-10H2,1H3. The second-order valence-corrected chi connectivity index (χ2v) is 5.12. The first-order valence-corrected chi connectivity index (χ1v) is 7.28. The van der Waals surface area contributed by atoms with Crippen molar-refractivity contribution in [2.75, 3.05) is 38.0 Å². The Morgan fingerprint density at radius 3 is 2.39 bits per heavy atom. The molecule has 1 aromatic rings. The van der Waals surface area contributed by atoms with Gasteiger partial charge >= 0.3 is 6.61 Å². The maximum Gasteiger partial charge on any atom is 0.387 e. The Bertz CT molecular complexity index is 561. The molecule has 23 heavy (non-hydrogen) atoms. The van der Waals surface area contributed by atoms with E-state index in [9.17, 15) is 18.4 Å². The largest absolute Gasteiger partial charge is 0.433 e. The number of anilines is 1. The van der Waals surface area contributed by atoms with E-state index in [0.717, 1.165) is 0 Å². The van der Waals surface area contributed by atoms with Gasteiger partial charge in [-0.1, -0.05) is 12.1 Å². The molecule has 0 atom stereocenters. The lowest BCUT2D eigenvalue weighted by Gasteiger charge is -2.34. The van der Waals surface area contributed by atoms with Gasteiger partial charge < -0.3 is 19.9 Å². The maximum absolute atomic E-state index is 12.3. The minimum atomic E-state index is -2.92. The Balaban J connectivity index is 1.87. The number of rotatable bonds is 5. The number of alkyl halides is 2. The van der Waals surface area contributed by atoms with Gasteiger partial charge in [0.05, 0.1) is 12.2 Å². The molecule has 1 aliphatic rings. The van der Waals surface area contributed by atoms with Crippen molar-refractivity contribution in [3.8, 4) is 5.75 Å². The Kier molecular flexibility index (Phi) is 5.72. The number of hydrogen-bond acceptors (Lipinski definition) is 4. The van der Waals surface area contributed by atoms with Crippen LogP contribution in [0.2, 0.25) is 0 Å². The molecule has 0 aliphatic carbocycles. The molecule has 2 amide bonds. The lowest BCUT2D eigenvalue weighted by molar-refractivity contribution is -0.137. The summed E-state index contributed by atoms with van der Waals surface area (Å²) in [6, 6.07) is 6.21. The highest BCUT2D eigenvalue weighted by molar-refractivity contribution is 5.82. The van der Waals surface area contributed by atoms with Gasteiger partial charge in [-0.3, -0.25) is 9.59 Å². The zero-order chi connectivity index (χ0) is 16.8. The van der Waals surface area contributed by atoms with E-state index < -0.39 is 6.61 Å². The van der Waals surface area contributed by atoms with Crippen LogP contribution in [0, 0.1) is 0 Å². The highest BCUT2D eigenvalue weighted by atomic mass is 19.3. The summed E-state index contributed by atoms with van der Waals surface area (Å²) in [5.41, 5.74) is 0.337. The molecule has 1 heterocycles. The van der Waals surface area contributed by atoms with Crippen LogP contribution < -0.4 is 10.1 Å². The van der Waals surface area contributed by atoms with Crippen molar-refractivity contribution in [3.05, 3.63) is 24.3 Å². The quantitative estimate of drug-likeness (QED) is 0.888. The molecule has 2 rings (SSSR count). The zero-order valence-electron chi connectivity index (χ0n) is 12.8. The third kappa shape index (κ3) is 4.80. The van der Waals surface area contributed by atoms with Crippen LogP contribution >= 0.6 is 0 Å². The molecule has 6 nitrogen and oxygen atoms in total. The van der Waals surface area contributed by atoms with E-state index in [-0.39, 0.29) is 24.1 Å². The molecule has 0 spiro atoms. The molecule has 0 radical (unpaired) electrons. The number of benzene rings is 1. The van der Waals surface area contributed by atoms with E-state index in [1.807, 2.05) is 0 Å². The molecule has 1 fully saturated rings. The number of carbonyl (C=O) groups is 2. The van der Waals surface area contributed by atoms with Gasteiger partial charge in [-0.05, 0) is 12.1 Å². The number of ether oxygens (including phenoxy) is 1. The van der Waals surface area contributed by atoms with Gasteiger partial charge in [0.25, 0.3) is 0 Å². The lowest BCUT2D eigenvalue weighted by atomic mass is 10.2. The molecule has 0 aromatic heterocycles. The van der Waals surface area contributed by atoms with Crippen molar-refractivity contribution in [1.29, 1.82) is 0 Å². The maximum atomic E-state index is 12.3. The Hall–Kier alpha value is -2.38. The molecule has 0 unspecified atom stereocenters. The van der Waals surface area contributed by atoms with Gasteiger partial charge in [-0.15, -0.1) is 0 Å². The van der Waals surface area contributed by atoms with Crippen LogP contribution in [0.3, 0.4) is 0 Å². The van der Waals surface area contributed by atoms with Crippen LogP contribution in [0.25, 0.3) is 0 Å². The van der Waals surface area contributed by atoms with Crippen LogP contribution in [-0.2, 0) is 9.59 Å². The number of piperazine rings is 1. The van der Waals surface area contributed by atoms with Crippen LogP contribution in [0.1, 0.15) is 6.92 Å². The van der Waals surface area contributed by atoms with Crippen molar-refractivity contribution in [2.45, 2.75) is 13.5 Å². The monoisotopic (exact) mass is 327 g/mol. The average molecular weight is 327 g/mol. The van der Waals surface area contributed by atoms with E-state index in [2.05, 4.69) is 10.1 Å². The van der Waals surface area contributed by atoms with Gasteiger partial charge in [0.15, 0.2) is 0 Å². The third-order valence-corrected chi connectivity index (χ3v) is 3.61. The summed E-state index contributed by atoms with van der Waals surface area (Å²) in [7, 11) is 0. The van der Waals surface area contributed by atoms with Gasteiger partial charge in [-0.25, -0.2) is 0 Å². The molecular formula is C15H19F2N3O3. The summed E-state index contributed by atoms with van der Waals surface area (Å²) >= 11 is 0. The highest BCUT2D eigenvalue weighted by Gasteiger charge is 2.22. The SMILES string of the molecule is CC(=O)N1CCN(C(=O)CNc2ccccc2OC(F)F)CC1. The fourth-order valence-corrected chi connectivity index (χ4v) is 2.36. The number of carbonyl (C=O) groups excluding carboxylic acids is 2. The molecule has 0 saturated carbocycles. The summed E-state index contributed by atoms with van der Waals surface area (Å²) in [4.78, 5) is 26.7. The summed E-state index contributed by atoms with van der Waals surface area (Å²) in [5, 5.41) is 2.82. The first-order chi connectivity index (χ1) is 11.0. The summed E-state index contributed by atoms with van der Waals surface area (Å²) < 4.78 is 29.1. The van der Waals surface area contributed by atoms with Crippen molar-refractivity contribution in [3.63, 3.8) is 0 Å². The van der Waals surface area contributed by atoms with Gasteiger partial charge in [0.1, 0.15) is 5.75 Å². The van der Waals surface area contributed by atoms with E-state index in [1.165, 1.54) is 13.0 Å². The van der Waals surface area contributed by atoms with E-state index in [1.54, 1.807) is 28.0 Å². The van der Waals surface area contributed by atoms with Gasteiger partial charge in [0.2, 0.25) is 11.8 Å². The molecule has 1 saturated heterocycles. The minimum absolute atomic E-state index is 0.00306. The molecular weight excluding hydrogens is 308 g/mol. The minimum Gasteiger partial charge on any atom is -0.433 e. The first kappa shape index (κ1) is 17.0. The van der Waals surface area contributed by atoms with Crippen molar-refractivity contribution in [2.24, 2.45) is 0 Å². The van der Waals surface area contributed by atoms with Crippen LogP contribution in [0.15, 0.2) is 24.3 Å². The molecule has 1 aliphatic heterocycles. The molecule has 8 heteroatoms. The molecule has 1 aromatic carbocycles. The second kappa shape index (κ2) is 7.75. The molecule has 1 N–H and O–H groups in total. The smallest absolute Gasteiger partial charge is 0.387 e. The topological polar surface area (TPSA) is 61.9 Å². The van der Waals surface area contributed by atoms with Crippen LogP contribution in [-0.4, -0.2) is 60.9 Å². The summed E-state index contributed by atoms with van der Waals surface area (Å²) in [6.07, 6.45) is 0. The van der Waals surface area contributed by atoms with E-state index >= 15 is 0 Å². The third-order valence-electron chi connectivity index (χ3n) is 3.61. The lowest BCUT2D eigenvalue weighted by Crippen LogP contribution is -2.51.